The van der Waals surface area contributed by atoms with Gasteiger partial charge in [-0.3, -0.25) is 4.72 Å². The van der Waals surface area contributed by atoms with E-state index in [2.05, 4.69) is 0 Å². The van der Waals surface area contributed by atoms with Crippen molar-refractivity contribution in [1.82, 2.24) is 0 Å². The maximum atomic E-state index is 12.4. The summed E-state index contributed by atoms with van der Waals surface area (Å²) in [4.78, 5) is 0. The Morgan fingerprint density at radius 1 is 1.39 bits per heavy atom. The number of nitriles is 1. The van der Waals surface area contributed by atoms with Gasteiger partial charge in [-0.05, 0) is 18.2 Å². The van der Waals surface area contributed by atoms with E-state index in [9.17, 15) is 21.6 Å². The van der Waals surface area contributed by atoms with Crippen LogP contribution in [0.4, 0.5) is 18.9 Å². The minimum absolute atomic E-state index is 0.244. The molecule has 0 aliphatic rings. The molecular formula is C9H6ClF3N2O2S. The number of sulfonamides is 1. The summed E-state index contributed by atoms with van der Waals surface area (Å²) < 4.78 is 61.3. The molecular weight excluding hydrogens is 293 g/mol. The van der Waals surface area contributed by atoms with Crippen molar-refractivity contribution in [1.29, 1.82) is 5.26 Å². The summed E-state index contributed by atoms with van der Waals surface area (Å²) in [5.74, 6) is 0. The topological polar surface area (TPSA) is 70.0 Å². The highest BCUT2D eigenvalue weighted by molar-refractivity contribution is 7.93. The molecule has 0 aromatic heterocycles. The van der Waals surface area contributed by atoms with Crippen molar-refractivity contribution >= 4 is 27.3 Å². The van der Waals surface area contributed by atoms with Crippen molar-refractivity contribution in [3.05, 3.63) is 29.3 Å². The molecule has 0 spiro atoms. The number of alkyl halides is 4. The van der Waals surface area contributed by atoms with Gasteiger partial charge in [-0.1, -0.05) is 0 Å². The van der Waals surface area contributed by atoms with E-state index in [0.29, 0.717) is 12.1 Å². The minimum atomic E-state index is -4.60. The highest BCUT2D eigenvalue weighted by atomic mass is 35.5. The summed E-state index contributed by atoms with van der Waals surface area (Å²) >= 11 is 5.13. The Hall–Kier alpha value is -1.46. The molecule has 1 rings (SSSR count). The lowest BCUT2D eigenvalue weighted by Crippen LogP contribution is -2.15. The fourth-order valence-corrected chi connectivity index (χ4v) is 1.83. The molecule has 0 bridgehead atoms. The van der Waals surface area contributed by atoms with Crippen LogP contribution in [-0.2, 0) is 16.2 Å². The summed E-state index contributed by atoms with van der Waals surface area (Å²) in [7, 11) is -3.87. The van der Waals surface area contributed by atoms with Gasteiger partial charge in [0.25, 0.3) is 0 Å². The number of hydrogen-bond acceptors (Lipinski definition) is 3. The summed E-state index contributed by atoms with van der Waals surface area (Å²) in [5.41, 5.74) is -1.71. The van der Waals surface area contributed by atoms with Crippen LogP contribution in [0, 0.1) is 11.3 Å². The molecule has 0 aliphatic heterocycles. The average molecular weight is 299 g/mol. The van der Waals surface area contributed by atoms with Crippen LogP contribution in [-0.4, -0.2) is 13.6 Å². The lowest BCUT2D eigenvalue weighted by Gasteiger charge is -2.10. The quantitative estimate of drug-likeness (QED) is 0.872. The predicted molar refractivity (Wildman–Crippen MR) is 59.4 cm³/mol. The van der Waals surface area contributed by atoms with Gasteiger partial charge in [-0.25, -0.2) is 8.42 Å². The van der Waals surface area contributed by atoms with Crippen LogP contribution in [0.15, 0.2) is 18.2 Å². The van der Waals surface area contributed by atoms with E-state index in [4.69, 9.17) is 16.9 Å². The number of rotatable bonds is 3. The Morgan fingerprint density at radius 3 is 2.44 bits per heavy atom. The van der Waals surface area contributed by atoms with Gasteiger partial charge in [0.05, 0.1) is 16.8 Å². The first kappa shape index (κ1) is 14.6. The van der Waals surface area contributed by atoms with Gasteiger partial charge in [0.15, 0.2) is 0 Å². The van der Waals surface area contributed by atoms with Gasteiger partial charge < -0.3 is 0 Å². The van der Waals surface area contributed by atoms with E-state index in [1.54, 1.807) is 0 Å². The molecule has 0 heterocycles. The van der Waals surface area contributed by atoms with Gasteiger partial charge in [0, 0.05) is 0 Å². The predicted octanol–water partition coefficient (Wildman–Crippen LogP) is 2.52. The minimum Gasteiger partial charge on any atom is -0.281 e. The highest BCUT2D eigenvalue weighted by Gasteiger charge is 2.31. The lowest BCUT2D eigenvalue weighted by atomic mass is 10.1. The van der Waals surface area contributed by atoms with Gasteiger partial charge in [-0.2, -0.15) is 18.4 Å². The third-order valence-electron chi connectivity index (χ3n) is 1.88. The van der Waals surface area contributed by atoms with Gasteiger partial charge in [-0.15, -0.1) is 11.6 Å². The smallest absolute Gasteiger partial charge is 0.281 e. The lowest BCUT2D eigenvalue weighted by molar-refractivity contribution is -0.137. The summed E-state index contributed by atoms with van der Waals surface area (Å²) in [6.07, 6.45) is -4.60. The molecule has 0 saturated heterocycles. The summed E-state index contributed by atoms with van der Waals surface area (Å²) in [6, 6.07) is 3.59. The Morgan fingerprint density at radius 2 is 2.00 bits per heavy atom. The van der Waals surface area contributed by atoms with Crippen LogP contribution >= 0.6 is 11.6 Å². The molecule has 0 unspecified atom stereocenters. The SMILES string of the molecule is N#Cc1cc(C(F)(F)F)ccc1NS(=O)(=O)CCl. The first-order valence-electron chi connectivity index (χ1n) is 4.37. The molecule has 0 saturated carbocycles. The van der Waals surface area contributed by atoms with E-state index in [-0.39, 0.29) is 5.69 Å². The van der Waals surface area contributed by atoms with Crippen molar-refractivity contribution in [2.24, 2.45) is 0 Å². The van der Waals surface area contributed by atoms with Crippen molar-refractivity contribution in [3.8, 4) is 6.07 Å². The zero-order valence-electron chi connectivity index (χ0n) is 8.62. The summed E-state index contributed by atoms with van der Waals surface area (Å²) in [5, 5.41) is 7.93. The van der Waals surface area contributed by atoms with E-state index in [1.165, 1.54) is 6.07 Å². The van der Waals surface area contributed by atoms with Crippen molar-refractivity contribution in [2.45, 2.75) is 6.18 Å². The molecule has 1 N–H and O–H groups in total. The Bertz CT molecular complexity index is 593. The number of hydrogen-bond donors (Lipinski definition) is 1. The van der Waals surface area contributed by atoms with Gasteiger partial charge in [0.2, 0.25) is 10.0 Å². The van der Waals surface area contributed by atoms with Gasteiger partial charge >= 0.3 is 6.18 Å². The second-order valence-electron chi connectivity index (χ2n) is 3.20. The van der Waals surface area contributed by atoms with E-state index in [0.717, 1.165) is 6.07 Å². The second-order valence-corrected chi connectivity index (χ2v) is 5.50. The fourth-order valence-electron chi connectivity index (χ4n) is 1.10. The van der Waals surface area contributed by atoms with E-state index < -0.39 is 32.5 Å². The largest absolute Gasteiger partial charge is 0.416 e. The standard InChI is InChI=1S/C9H6ClF3N2O2S/c10-5-18(16,17)15-8-2-1-7(9(11,12)13)3-6(8)4-14/h1-3,15H,5H2. The van der Waals surface area contributed by atoms with E-state index >= 15 is 0 Å². The average Bonchev–Trinajstić information content (AvgIpc) is 2.27. The molecule has 4 nitrogen and oxygen atoms in total. The van der Waals surface area contributed by atoms with Crippen LogP contribution in [0.2, 0.25) is 0 Å². The Kier molecular flexibility index (Phi) is 4.09. The zero-order valence-corrected chi connectivity index (χ0v) is 10.2. The van der Waals surface area contributed by atoms with Crippen LogP contribution in [0.3, 0.4) is 0 Å². The van der Waals surface area contributed by atoms with Crippen LogP contribution in [0.5, 0.6) is 0 Å². The molecule has 98 valence electrons. The van der Waals surface area contributed by atoms with E-state index in [1.807, 2.05) is 4.72 Å². The highest BCUT2D eigenvalue weighted by Crippen LogP contribution is 2.31. The van der Waals surface area contributed by atoms with Crippen LogP contribution in [0.1, 0.15) is 11.1 Å². The molecule has 9 heteroatoms. The van der Waals surface area contributed by atoms with Crippen molar-refractivity contribution in [3.63, 3.8) is 0 Å². The molecule has 18 heavy (non-hydrogen) atoms. The number of anilines is 1. The molecule has 0 atom stereocenters. The number of nitrogens with zero attached hydrogens (tertiary/aromatic N) is 1. The molecule has 0 radical (unpaired) electrons. The third-order valence-corrected chi connectivity index (χ3v) is 3.56. The normalized spacial score (nSPS) is 11.9. The molecule has 0 aliphatic carbocycles. The Balaban J connectivity index is 3.22. The first-order valence-corrected chi connectivity index (χ1v) is 6.56. The monoisotopic (exact) mass is 298 g/mol. The zero-order chi connectivity index (χ0) is 14.0. The first-order chi connectivity index (χ1) is 8.19. The second kappa shape index (κ2) is 5.04. The molecule has 1 aromatic carbocycles. The molecule has 1 aromatic rings. The summed E-state index contributed by atoms with van der Waals surface area (Å²) in [6.45, 7) is 0. The molecule has 0 fully saturated rings. The maximum Gasteiger partial charge on any atom is 0.416 e. The van der Waals surface area contributed by atoms with Crippen LogP contribution < -0.4 is 4.72 Å². The van der Waals surface area contributed by atoms with Crippen molar-refractivity contribution < 1.29 is 21.6 Å². The third kappa shape index (κ3) is 3.51. The Labute approximate surface area is 106 Å². The van der Waals surface area contributed by atoms with Crippen molar-refractivity contribution in [2.75, 3.05) is 9.93 Å². The maximum absolute atomic E-state index is 12.4. The molecule has 0 amide bonds. The fraction of sp³-hybridized carbons (Fsp3) is 0.222. The van der Waals surface area contributed by atoms with Crippen LogP contribution in [0.25, 0.3) is 0 Å². The number of benzene rings is 1. The van der Waals surface area contributed by atoms with Gasteiger partial charge in [0.1, 0.15) is 11.3 Å². The number of halogens is 4. The number of nitrogens with one attached hydrogen (secondary N) is 1.